The van der Waals surface area contributed by atoms with E-state index in [4.69, 9.17) is 4.74 Å². The van der Waals surface area contributed by atoms with E-state index in [2.05, 4.69) is 0 Å². The molecule has 1 atom stereocenters. The minimum absolute atomic E-state index is 0.00561. The Hall–Kier alpha value is -1.95. The van der Waals surface area contributed by atoms with E-state index in [0.717, 1.165) is 16.3 Å². The molecule has 0 radical (unpaired) electrons. The number of fused-ring (bicyclic) bond motifs is 1. The summed E-state index contributed by atoms with van der Waals surface area (Å²) >= 11 is 1.61. The number of hydrogen-bond donors (Lipinski definition) is 0. The van der Waals surface area contributed by atoms with Gasteiger partial charge in [-0.25, -0.2) is 0 Å². The summed E-state index contributed by atoms with van der Waals surface area (Å²) in [5.41, 5.74) is 3.35. The first-order valence-electron chi connectivity index (χ1n) is 8.08. The van der Waals surface area contributed by atoms with Crippen LogP contribution in [0.15, 0.2) is 23.2 Å². The van der Waals surface area contributed by atoms with E-state index in [9.17, 15) is 9.59 Å². The molecule has 0 saturated heterocycles. The van der Waals surface area contributed by atoms with Crippen molar-refractivity contribution in [1.29, 1.82) is 0 Å². The summed E-state index contributed by atoms with van der Waals surface area (Å²) < 4.78 is 9.05. The molecule has 0 spiro atoms. The van der Waals surface area contributed by atoms with Gasteiger partial charge >= 0.3 is 5.97 Å². The van der Waals surface area contributed by atoms with Crippen molar-refractivity contribution in [2.24, 2.45) is 13.0 Å². The van der Waals surface area contributed by atoms with Crippen LogP contribution in [0.5, 0.6) is 0 Å². The number of nitrogens with zero attached hydrogens (tertiary/aromatic N) is 2. The second-order valence-electron chi connectivity index (χ2n) is 6.08. The molecule has 0 saturated carbocycles. The van der Waals surface area contributed by atoms with E-state index in [0.29, 0.717) is 31.0 Å². The zero-order chi connectivity index (χ0) is 17.4. The number of carbonyl (C=O) groups is 2. The van der Waals surface area contributed by atoms with Gasteiger partial charge in [-0.3, -0.25) is 9.59 Å². The van der Waals surface area contributed by atoms with Crippen molar-refractivity contribution in [3.63, 3.8) is 0 Å². The number of thioether (sulfide) groups is 1. The zero-order valence-corrected chi connectivity index (χ0v) is 15.3. The second-order valence-corrected chi connectivity index (χ2v) is 6.91. The molecule has 0 aromatic carbocycles. The first-order chi connectivity index (χ1) is 11.5. The van der Waals surface area contributed by atoms with Crippen molar-refractivity contribution < 1.29 is 14.3 Å². The predicted octanol–water partition coefficient (Wildman–Crippen LogP) is 2.82. The highest BCUT2D eigenvalue weighted by molar-refractivity contribution is 7.98. The molecule has 2 aromatic rings. The van der Waals surface area contributed by atoms with Gasteiger partial charge in [0.2, 0.25) is 5.78 Å². The maximum absolute atomic E-state index is 13.1. The van der Waals surface area contributed by atoms with Crippen LogP contribution in [0.1, 0.15) is 34.4 Å². The number of hydrogen-bond acceptors (Lipinski definition) is 4. The number of ether oxygens (including phenoxy) is 1. The van der Waals surface area contributed by atoms with Crippen molar-refractivity contribution in [2.75, 3.05) is 12.9 Å². The third-order valence-corrected chi connectivity index (χ3v) is 5.41. The van der Waals surface area contributed by atoms with Crippen LogP contribution in [0.3, 0.4) is 0 Å². The van der Waals surface area contributed by atoms with Crippen LogP contribution >= 0.6 is 11.8 Å². The molecule has 0 bridgehead atoms. The molecule has 128 valence electrons. The number of ketones is 1. The number of esters is 1. The molecule has 2 aromatic heterocycles. The first-order valence-corrected chi connectivity index (χ1v) is 9.30. The molecule has 24 heavy (non-hydrogen) atoms. The van der Waals surface area contributed by atoms with E-state index in [1.54, 1.807) is 11.8 Å². The molecule has 3 rings (SSSR count). The van der Waals surface area contributed by atoms with E-state index in [1.807, 2.05) is 54.5 Å². The van der Waals surface area contributed by atoms with E-state index < -0.39 is 0 Å². The van der Waals surface area contributed by atoms with Gasteiger partial charge in [0.1, 0.15) is 0 Å². The standard InChI is InChI=1S/C18H22N2O3S/c1-5-23-18(22)12-9-13-8-11(2)16(20(13)10-12)17(21)14-6-7-15(24-4)19(14)3/h6-8,12H,5,9-10H2,1-4H3. The molecule has 5 nitrogen and oxygen atoms in total. The summed E-state index contributed by atoms with van der Waals surface area (Å²) in [5, 5.41) is 1.05. The highest BCUT2D eigenvalue weighted by Crippen LogP contribution is 2.30. The number of rotatable bonds is 5. The molecule has 0 fully saturated rings. The SMILES string of the molecule is CCOC(=O)C1Cc2cc(C)c(C(=O)c3ccc(SC)n3C)n2C1. The molecule has 1 aliphatic rings. The number of carbonyl (C=O) groups excluding carboxylic acids is 2. The topological polar surface area (TPSA) is 53.2 Å². The van der Waals surface area contributed by atoms with Gasteiger partial charge in [-0.05, 0) is 43.9 Å². The minimum Gasteiger partial charge on any atom is -0.466 e. The first kappa shape index (κ1) is 16.9. The summed E-state index contributed by atoms with van der Waals surface area (Å²) in [6.07, 6.45) is 2.63. The average molecular weight is 346 g/mol. The van der Waals surface area contributed by atoms with Crippen LogP contribution in [0.2, 0.25) is 0 Å². The minimum atomic E-state index is -0.192. The highest BCUT2D eigenvalue weighted by atomic mass is 32.2. The molecular formula is C18H22N2O3S. The Morgan fingerprint density at radius 1 is 1.38 bits per heavy atom. The average Bonchev–Trinajstić information content (AvgIpc) is 3.18. The Bertz CT molecular complexity index is 804. The Morgan fingerprint density at radius 2 is 2.12 bits per heavy atom. The van der Waals surface area contributed by atoms with Gasteiger partial charge in [0.15, 0.2) is 0 Å². The van der Waals surface area contributed by atoms with Gasteiger partial charge < -0.3 is 13.9 Å². The lowest BCUT2D eigenvalue weighted by Crippen LogP contribution is -2.21. The highest BCUT2D eigenvalue weighted by Gasteiger charge is 2.33. The third kappa shape index (κ3) is 2.69. The predicted molar refractivity (Wildman–Crippen MR) is 93.6 cm³/mol. The fraction of sp³-hybridized carbons (Fsp3) is 0.444. The lowest BCUT2D eigenvalue weighted by molar-refractivity contribution is -0.147. The van der Waals surface area contributed by atoms with Crippen molar-refractivity contribution >= 4 is 23.5 Å². The summed E-state index contributed by atoms with van der Waals surface area (Å²) in [6.45, 7) is 4.67. The van der Waals surface area contributed by atoms with Gasteiger partial charge in [0.25, 0.3) is 0 Å². The molecule has 3 heterocycles. The zero-order valence-electron chi connectivity index (χ0n) is 14.5. The monoisotopic (exact) mass is 346 g/mol. The fourth-order valence-electron chi connectivity index (χ4n) is 3.43. The third-order valence-electron chi connectivity index (χ3n) is 4.58. The lowest BCUT2D eigenvalue weighted by Gasteiger charge is -2.11. The molecule has 6 heteroatoms. The molecule has 0 N–H and O–H groups in total. The van der Waals surface area contributed by atoms with Gasteiger partial charge in [-0.2, -0.15) is 0 Å². The summed E-state index contributed by atoms with van der Waals surface area (Å²) in [7, 11) is 1.91. The Morgan fingerprint density at radius 3 is 2.75 bits per heavy atom. The summed E-state index contributed by atoms with van der Waals surface area (Å²) in [4.78, 5) is 25.1. The molecule has 0 aliphatic carbocycles. The number of aryl methyl sites for hydroxylation is 1. The van der Waals surface area contributed by atoms with Crippen LogP contribution in [-0.2, 0) is 29.5 Å². The van der Waals surface area contributed by atoms with Crippen LogP contribution < -0.4 is 0 Å². The molecular weight excluding hydrogens is 324 g/mol. The van der Waals surface area contributed by atoms with Crippen molar-refractivity contribution in [1.82, 2.24) is 9.13 Å². The van der Waals surface area contributed by atoms with Gasteiger partial charge in [-0.15, -0.1) is 11.8 Å². The molecule has 1 unspecified atom stereocenters. The number of aromatic nitrogens is 2. The smallest absolute Gasteiger partial charge is 0.311 e. The Balaban J connectivity index is 1.93. The van der Waals surface area contributed by atoms with Gasteiger partial charge in [0.05, 0.1) is 28.9 Å². The lowest BCUT2D eigenvalue weighted by atomic mass is 10.1. The van der Waals surface area contributed by atoms with Crippen molar-refractivity contribution in [3.05, 3.63) is 40.8 Å². The van der Waals surface area contributed by atoms with Gasteiger partial charge in [-0.1, -0.05) is 0 Å². The molecule has 0 amide bonds. The van der Waals surface area contributed by atoms with Crippen LogP contribution in [-0.4, -0.2) is 33.7 Å². The van der Waals surface area contributed by atoms with Crippen LogP contribution in [0.25, 0.3) is 0 Å². The summed E-state index contributed by atoms with van der Waals surface area (Å²) in [5.74, 6) is -0.367. The van der Waals surface area contributed by atoms with E-state index >= 15 is 0 Å². The van der Waals surface area contributed by atoms with E-state index in [1.165, 1.54) is 0 Å². The fourth-order valence-corrected chi connectivity index (χ4v) is 4.01. The van der Waals surface area contributed by atoms with Crippen molar-refractivity contribution in [3.8, 4) is 0 Å². The maximum atomic E-state index is 13.1. The Labute approximate surface area is 146 Å². The van der Waals surface area contributed by atoms with Crippen LogP contribution in [0, 0.1) is 12.8 Å². The maximum Gasteiger partial charge on any atom is 0.311 e. The largest absolute Gasteiger partial charge is 0.466 e. The van der Waals surface area contributed by atoms with Crippen LogP contribution in [0.4, 0.5) is 0 Å². The van der Waals surface area contributed by atoms with E-state index in [-0.39, 0.29) is 17.7 Å². The summed E-state index contributed by atoms with van der Waals surface area (Å²) in [6, 6.07) is 5.85. The Kier molecular flexibility index (Phi) is 4.58. The second kappa shape index (κ2) is 6.51. The van der Waals surface area contributed by atoms with Gasteiger partial charge in [0, 0.05) is 25.7 Å². The quantitative estimate of drug-likeness (QED) is 0.475. The molecule has 1 aliphatic heterocycles. The van der Waals surface area contributed by atoms with Crippen molar-refractivity contribution in [2.45, 2.75) is 31.8 Å². The normalized spacial score (nSPS) is 16.2.